The van der Waals surface area contributed by atoms with Gasteiger partial charge in [0.05, 0.1) is 0 Å². The molecule has 144 valence electrons. The number of nitrogens with one attached hydrogen (secondary N) is 1. The lowest BCUT2D eigenvalue weighted by Crippen LogP contribution is -2.47. The molecule has 2 unspecified atom stereocenters. The maximum Gasteiger partial charge on any atom is 0.217 e. The summed E-state index contributed by atoms with van der Waals surface area (Å²) in [6.45, 7) is 7.24. The zero-order valence-corrected chi connectivity index (χ0v) is 17.0. The van der Waals surface area contributed by atoms with Crippen LogP contribution in [0.2, 0.25) is 10.0 Å². The molecule has 2 atom stereocenters. The van der Waals surface area contributed by atoms with Crippen LogP contribution in [0.15, 0.2) is 23.2 Å². The van der Waals surface area contributed by atoms with Crippen molar-refractivity contribution >= 4 is 35.1 Å². The monoisotopic (exact) mass is 398 g/mol. The van der Waals surface area contributed by atoms with Gasteiger partial charge in [-0.05, 0) is 43.4 Å². The van der Waals surface area contributed by atoms with Gasteiger partial charge in [0, 0.05) is 48.6 Å². The fourth-order valence-electron chi connectivity index (χ4n) is 3.43. The van der Waals surface area contributed by atoms with Crippen molar-refractivity contribution in [1.29, 1.82) is 0 Å². The van der Waals surface area contributed by atoms with Crippen LogP contribution in [-0.4, -0.2) is 42.9 Å². The van der Waals surface area contributed by atoms with Crippen LogP contribution in [0.5, 0.6) is 0 Å². The third kappa shape index (κ3) is 5.78. The number of carbonyl (C=O) groups excluding carboxylic acids is 1. The third-order valence-electron chi connectivity index (χ3n) is 4.65. The zero-order valence-electron chi connectivity index (χ0n) is 15.5. The Morgan fingerprint density at radius 2 is 2.12 bits per heavy atom. The van der Waals surface area contributed by atoms with Crippen molar-refractivity contribution in [1.82, 2.24) is 10.2 Å². The molecule has 1 amide bonds. The summed E-state index contributed by atoms with van der Waals surface area (Å²) in [5.74, 6) is 1.04. The van der Waals surface area contributed by atoms with Gasteiger partial charge in [-0.25, -0.2) is 0 Å². The molecule has 0 radical (unpaired) electrons. The molecule has 1 heterocycles. The van der Waals surface area contributed by atoms with Crippen molar-refractivity contribution in [3.63, 3.8) is 0 Å². The van der Waals surface area contributed by atoms with Gasteiger partial charge in [-0.15, -0.1) is 0 Å². The van der Waals surface area contributed by atoms with E-state index in [0.717, 1.165) is 44.0 Å². The average molecular weight is 399 g/mol. The molecule has 0 bridgehead atoms. The molecule has 26 heavy (non-hydrogen) atoms. The molecule has 0 saturated carbocycles. The molecule has 0 aromatic heterocycles. The third-order valence-corrected chi connectivity index (χ3v) is 5.31. The number of benzene rings is 1. The van der Waals surface area contributed by atoms with E-state index in [1.165, 1.54) is 0 Å². The number of hydrogen-bond donors (Lipinski definition) is 2. The van der Waals surface area contributed by atoms with Crippen LogP contribution >= 0.6 is 23.2 Å². The Morgan fingerprint density at radius 1 is 1.42 bits per heavy atom. The highest BCUT2D eigenvalue weighted by molar-refractivity contribution is 6.36. The Hall–Kier alpha value is -1.46. The summed E-state index contributed by atoms with van der Waals surface area (Å²) in [5.41, 5.74) is 6.30. The standard InChI is InChI=1S/C19H28Cl2N4O/c1-3-23-19(25-9-5-6-14(12-25)10-17(22)26)24-11-13(2)18-15(20)7-4-8-16(18)21/h4,7-8,13-14H,3,5-6,9-12H2,1-2H3,(H2,22,26)(H,23,24). The van der Waals surface area contributed by atoms with Crippen molar-refractivity contribution in [2.24, 2.45) is 16.6 Å². The first kappa shape index (κ1) is 20.8. The topological polar surface area (TPSA) is 70.7 Å². The Kier molecular flexibility index (Phi) is 8.04. The van der Waals surface area contributed by atoms with E-state index in [0.29, 0.717) is 28.9 Å². The normalized spacial score (nSPS) is 19.3. The number of piperidine rings is 1. The number of carbonyl (C=O) groups is 1. The molecule has 1 aromatic carbocycles. The predicted molar refractivity (Wildman–Crippen MR) is 109 cm³/mol. The molecular formula is C19H28Cl2N4O. The molecule has 1 aromatic rings. The summed E-state index contributed by atoms with van der Waals surface area (Å²) in [4.78, 5) is 18.3. The van der Waals surface area contributed by atoms with Crippen molar-refractivity contribution in [2.75, 3.05) is 26.2 Å². The maximum atomic E-state index is 11.2. The fourth-order valence-corrected chi connectivity index (χ4v) is 4.20. The van der Waals surface area contributed by atoms with E-state index in [4.69, 9.17) is 33.9 Å². The summed E-state index contributed by atoms with van der Waals surface area (Å²) < 4.78 is 0. The number of primary amides is 1. The van der Waals surface area contributed by atoms with E-state index >= 15 is 0 Å². The number of halogens is 2. The summed E-state index contributed by atoms with van der Waals surface area (Å²) in [6.07, 6.45) is 2.50. The van der Waals surface area contributed by atoms with Gasteiger partial charge in [0.2, 0.25) is 5.91 Å². The highest BCUT2D eigenvalue weighted by atomic mass is 35.5. The second kappa shape index (κ2) is 10.0. The maximum absolute atomic E-state index is 11.2. The second-order valence-electron chi connectivity index (χ2n) is 6.86. The number of aliphatic imine (C=N–C) groups is 1. The van der Waals surface area contributed by atoms with E-state index in [-0.39, 0.29) is 11.8 Å². The number of rotatable bonds is 6. The van der Waals surface area contributed by atoms with E-state index < -0.39 is 0 Å². The van der Waals surface area contributed by atoms with Crippen LogP contribution in [0.4, 0.5) is 0 Å². The van der Waals surface area contributed by atoms with Crippen molar-refractivity contribution in [3.05, 3.63) is 33.8 Å². The van der Waals surface area contributed by atoms with Crippen LogP contribution in [0.25, 0.3) is 0 Å². The van der Waals surface area contributed by atoms with Gasteiger partial charge < -0.3 is 16.0 Å². The number of amides is 1. The minimum Gasteiger partial charge on any atom is -0.370 e. The van der Waals surface area contributed by atoms with Crippen LogP contribution in [0, 0.1) is 5.92 Å². The molecule has 1 saturated heterocycles. The van der Waals surface area contributed by atoms with Crippen LogP contribution < -0.4 is 11.1 Å². The summed E-state index contributed by atoms with van der Waals surface area (Å²) in [6, 6.07) is 5.56. The zero-order chi connectivity index (χ0) is 19.1. The molecule has 0 aliphatic carbocycles. The van der Waals surface area contributed by atoms with Crippen LogP contribution in [0.3, 0.4) is 0 Å². The van der Waals surface area contributed by atoms with Gasteiger partial charge in [0.15, 0.2) is 5.96 Å². The van der Waals surface area contributed by atoms with E-state index in [1.54, 1.807) is 0 Å². The van der Waals surface area contributed by atoms with Crippen molar-refractivity contribution < 1.29 is 4.79 Å². The first-order valence-electron chi connectivity index (χ1n) is 9.17. The first-order chi connectivity index (χ1) is 12.4. The molecule has 7 heteroatoms. The lowest BCUT2D eigenvalue weighted by molar-refractivity contribution is -0.119. The van der Waals surface area contributed by atoms with Crippen molar-refractivity contribution in [2.45, 2.75) is 39.0 Å². The van der Waals surface area contributed by atoms with E-state index in [9.17, 15) is 4.79 Å². The van der Waals surface area contributed by atoms with Gasteiger partial charge in [0.1, 0.15) is 0 Å². The molecular weight excluding hydrogens is 371 g/mol. The lowest BCUT2D eigenvalue weighted by atomic mass is 9.95. The van der Waals surface area contributed by atoms with Crippen molar-refractivity contribution in [3.8, 4) is 0 Å². The molecule has 1 fully saturated rings. The molecule has 2 rings (SSSR count). The molecule has 1 aliphatic heterocycles. The highest BCUT2D eigenvalue weighted by Crippen LogP contribution is 2.31. The summed E-state index contributed by atoms with van der Waals surface area (Å²) in [5, 5.41) is 4.70. The Bertz CT molecular complexity index is 630. The van der Waals surface area contributed by atoms with E-state index in [1.807, 2.05) is 18.2 Å². The van der Waals surface area contributed by atoms with Gasteiger partial charge >= 0.3 is 0 Å². The molecule has 0 spiro atoms. The van der Waals surface area contributed by atoms with E-state index in [2.05, 4.69) is 24.1 Å². The first-order valence-corrected chi connectivity index (χ1v) is 9.93. The molecule has 5 nitrogen and oxygen atoms in total. The molecule has 3 N–H and O–H groups in total. The lowest BCUT2D eigenvalue weighted by Gasteiger charge is -2.34. The van der Waals surface area contributed by atoms with Gasteiger partial charge in [-0.3, -0.25) is 9.79 Å². The van der Waals surface area contributed by atoms with Gasteiger partial charge in [-0.1, -0.05) is 36.2 Å². The number of likely N-dealkylation sites (tertiary alicyclic amines) is 1. The number of nitrogens with zero attached hydrogens (tertiary/aromatic N) is 2. The van der Waals surface area contributed by atoms with Gasteiger partial charge in [0.25, 0.3) is 0 Å². The summed E-state index contributed by atoms with van der Waals surface area (Å²) >= 11 is 12.6. The van der Waals surface area contributed by atoms with Crippen LogP contribution in [-0.2, 0) is 4.79 Å². The Morgan fingerprint density at radius 3 is 2.73 bits per heavy atom. The fraction of sp³-hybridized carbons (Fsp3) is 0.579. The minimum atomic E-state index is -0.235. The number of nitrogens with two attached hydrogens (primary N) is 1. The number of hydrogen-bond acceptors (Lipinski definition) is 2. The second-order valence-corrected chi connectivity index (χ2v) is 7.67. The van der Waals surface area contributed by atoms with Crippen LogP contribution in [0.1, 0.15) is 44.6 Å². The largest absolute Gasteiger partial charge is 0.370 e. The average Bonchev–Trinajstić information content (AvgIpc) is 2.58. The Balaban J connectivity index is 2.09. The summed E-state index contributed by atoms with van der Waals surface area (Å²) in [7, 11) is 0. The highest BCUT2D eigenvalue weighted by Gasteiger charge is 2.24. The molecule has 1 aliphatic rings. The Labute approximate surface area is 165 Å². The number of guanidine groups is 1. The smallest absolute Gasteiger partial charge is 0.217 e. The quantitative estimate of drug-likeness (QED) is 0.567. The minimum absolute atomic E-state index is 0.107. The SMILES string of the molecule is CCNC(=NCC(C)c1c(Cl)cccc1Cl)N1CCCC(CC(N)=O)C1. The predicted octanol–water partition coefficient (Wildman–Crippen LogP) is 3.65. The van der Waals surface area contributed by atoms with Gasteiger partial charge in [-0.2, -0.15) is 0 Å².